The minimum atomic E-state index is -1.12. The Balaban J connectivity index is 2.06. The molecule has 1 aliphatic heterocycles. The lowest BCUT2D eigenvalue weighted by molar-refractivity contribution is 0.0696. The predicted molar refractivity (Wildman–Crippen MR) is 79.7 cm³/mol. The Hall–Kier alpha value is -2.36. The molecule has 4 heteroatoms. The van der Waals surface area contributed by atoms with Gasteiger partial charge in [-0.3, -0.25) is 0 Å². The van der Waals surface area contributed by atoms with Gasteiger partial charge in [0.05, 0.1) is 11.3 Å². The van der Waals surface area contributed by atoms with Crippen molar-refractivity contribution in [2.24, 2.45) is 5.92 Å². The lowest BCUT2D eigenvalue weighted by atomic mass is 9.93. The van der Waals surface area contributed by atoms with Gasteiger partial charge in [0.1, 0.15) is 5.82 Å². The number of aromatic carboxylic acids is 1. The van der Waals surface area contributed by atoms with Gasteiger partial charge in [-0.05, 0) is 42.2 Å². The zero-order valence-corrected chi connectivity index (χ0v) is 11.7. The van der Waals surface area contributed by atoms with E-state index in [1.165, 1.54) is 11.6 Å². The maximum atomic E-state index is 14.3. The monoisotopic (exact) mass is 285 g/mol. The molecule has 0 saturated heterocycles. The minimum absolute atomic E-state index is 0.0328. The number of benzene rings is 2. The highest BCUT2D eigenvalue weighted by atomic mass is 19.1. The topological polar surface area (TPSA) is 40.5 Å². The van der Waals surface area contributed by atoms with Crippen molar-refractivity contribution in [2.75, 3.05) is 11.4 Å². The highest BCUT2D eigenvalue weighted by molar-refractivity contribution is 5.88. The van der Waals surface area contributed by atoms with Gasteiger partial charge in [0, 0.05) is 12.2 Å². The second-order valence-corrected chi connectivity index (χ2v) is 5.52. The van der Waals surface area contributed by atoms with Crippen molar-refractivity contribution in [1.82, 2.24) is 0 Å². The van der Waals surface area contributed by atoms with Crippen LogP contribution in [0.15, 0.2) is 42.5 Å². The Morgan fingerprint density at radius 1 is 1.24 bits per heavy atom. The van der Waals surface area contributed by atoms with Crippen LogP contribution in [0.1, 0.15) is 22.8 Å². The number of carboxylic acid groups (broad SMARTS) is 1. The van der Waals surface area contributed by atoms with E-state index in [4.69, 9.17) is 5.11 Å². The summed E-state index contributed by atoms with van der Waals surface area (Å²) in [4.78, 5) is 12.8. The van der Waals surface area contributed by atoms with Gasteiger partial charge in [-0.1, -0.05) is 25.1 Å². The Morgan fingerprint density at radius 2 is 2.00 bits per heavy atom. The number of carbonyl (C=O) groups is 1. The molecule has 1 unspecified atom stereocenters. The number of hydrogen-bond donors (Lipinski definition) is 1. The lowest BCUT2D eigenvalue weighted by Crippen LogP contribution is -2.31. The fourth-order valence-electron chi connectivity index (χ4n) is 2.88. The molecular weight excluding hydrogens is 269 g/mol. The molecule has 0 aromatic heterocycles. The third kappa shape index (κ3) is 2.49. The molecule has 2 aromatic rings. The van der Waals surface area contributed by atoms with E-state index < -0.39 is 11.8 Å². The minimum Gasteiger partial charge on any atom is -0.478 e. The van der Waals surface area contributed by atoms with E-state index in [1.807, 2.05) is 23.1 Å². The molecule has 21 heavy (non-hydrogen) atoms. The van der Waals surface area contributed by atoms with Crippen LogP contribution in [0.4, 0.5) is 15.8 Å². The van der Waals surface area contributed by atoms with Gasteiger partial charge in [0.15, 0.2) is 0 Å². The highest BCUT2D eigenvalue weighted by Gasteiger charge is 2.24. The first-order chi connectivity index (χ1) is 10.1. The molecule has 1 N–H and O–H groups in total. The molecule has 0 spiro atoms. The quantitative estimate of drug-likeness (QED) is 0.911. The Bertz CT molecular complexity index is 699. The summed E-state index contributed by atoms with van der Waals surface area (Å²) in [6.07, 6.45) is 0.974. The molecule has 0 bridgehead atoms. The number of para-hydroxylation sites is 1. The molecule has 1 atom stereocenters. The smallest absolute Gasteiger partial charge is 0.335 e. The maximum absolute atomic E-state index is 14.3. The molecule has 0 saturated carbocycles. The first-order valence-corrected chi connectivity index (χ1v) is 6.94. The van der Waals surface area contributed by atoms with Crippen LogP contribution in [0.25, 0.3) is 0 Å². The van der Waals surface area contributed by atoms with Crippen molar-refractivity contribution < 1.29 is 14.3 Å². The third-order valence-corrected chi connectivity index (χ3v) is 3.83. The summed E-state index contributed by atoms with van der Waals surface area (Å²) in [7, 11) is 0. The summed E-state index contributed by atoms with van der Waals surface area (Å²) < 4.78 is 14.3. The molecule has 0 aliphatic carbocycles. The van der Waals surface area contributed by atoms with Gasteiger partial charge in [-0.15, -0.1) is 0 Å². The first-order valence-electron chi connectivity index (χ1n) is 6.94. The molecular formula is C17H16FNO2. The Labute approximate surface area is 122 Å². The van der Waals surface area contributed by atoms with E-state index in [0.29, 0.717) is 11.6 Å². The van der Waals surface area contributed by atoms with Crippen molar-refractivity contribution in [1.29, 1.82) is 0 Å². The zero-order chi connectivity index (χ0) is 15.0. The number of nitrogens with zero attached hydrogens (tertiary/aromatic N) is 1. The molecule has 0 radical (unpaired) electrons. The average molecular weight is 285 g/mol. The van der Waals surface area contributed by atoms with Crippen LogP contribution in [0.2, 0.25) is 0 Å². The molecule has 0 fully saturated rings. The average Bonchev–Trinajstić information content (AvgIpc) is 2.46. The van der Waals surface area contributed by atoms with Crippen molar-refractivity contribution in [2.45, 2.75) is 13.3 Å². The third-order valence-electron chi connectivity index (χ3n) is 3.83. The fourth-order valence-corrected chi connectivity index (χ4v) is 2.88. The standard InChI is InChI=1S/C17H16FNO2/c1-11-8-12-4-2-3-5-15(12)19(10-11)16-7-6-13(17(20)21)9-14(16)18/h2-7,9,11H,8,10H2,1H3,(H,20,21). The van der Waals surface area contributed by atoms with E-state index in [1.54, 1.807) is 6.07 Å². The van der Waals surface area contributed by atoms with Crippen LogP contribution < -0.4 is 4.90 Å². The Kier molecular flexibility index (Phi) is 3.37. The van der Waals surface area contributed by atoms with Crippen LogP contribution in [0.3, 0.4) is 0 Å². The fraction of sp³-hybridized carbons (Fsp3) is 0.235. The lowest BCUT2D eigenvalue weighted by Gasteiger charge is -2.35. The number of fused-ring (bicyclic) bond motifs is 1. The van der Waals surface area contributed by atoms with Crippen molar-refractivity contribution in [3.8, 4) is 0 Å². The molecule has 1 aliphatic rings. The molecule has 0 amide bonds. The van der Waals surface area contributed by atoms with Crippen molar-refractivity contribution >= 4 is 17.3 Å². The van der Waals surface area contributed by atoms with Gasteiger partial charge in [0.2, 0.25) is 0 Å². The predicted octanol–water partition coefficient (Wildman–Crippen LogP) is 3.85. The first kappa shape index (κ1) is 13.6. The van der Waals surface area contributed by atoms with Crippen LogP contribution in [-0.4, -0.2) is 17.6 Å². The molecule has 108 valence electrons. The van der Waals surface area contributed by atoms with E-state index >= 15 is 0 Å². The number of hydrogen-bond acceptors (Lipinski definition) is 2. The van der Waals surface area contributed by atoms with Crippen LogP contribution in [0, 0.1) is 11.7 Å². The van der Waals surface area contributed by atoms with E-state index in [2.05, 4.69) is 13.0 Å². The molecule has 2 aromatic carbocycles. The van der Waals surface area contributed by atoms with Crippen molar-refractivity contribution in [3.63, 3.8) is 0 Å². The zero-order valence-electron chi connectivity index (χ0n) is 11.7. The number of halogens is 1. The summed E-state index contributed by atoms with van der Waals surface area (Å²) in [6.45, 7) is 2.85. The second kappa shape index (κ2) is 5.20. The summed E-state index contributed by atoms with van der Waals surface area (Å²) in [5.74, 6) is -1.20. The van der Waals surface area contributed by atoms with Gasteiger partial charge >= 0.3 is 5.97 Å². The highest BCUT2D eigenvalue weighted by Crippen LogP contribution is 2.36. The van der Waals surface area contributed by atoms with Crippen molar-refractivity contribution in [3.05, 3.63) is 59.4 Å². The van der Waals surface area contributed by atoms with E-state index in [9.17, 15) is 9.18 Å². The molecule has 3 rings (SSSR count). The van der Waals surface area contributed by atoms with Gasteiger partial charge < -0.3 is 10.0 Å². The Morgan fingerprint density at radius 3 is 2.71 bits per heavy atom. The summed E-state index contributed by atoms with van der Waals surface area (Å²) in [6, 6.07) is 12.0. The summed E-state index contributed by atoms with van der Waals surface area (Å²) in [5.41, 5.74) is 2.59. The van der Waals surface area contributed by atoms with E-state index in [0.717, 1.165) is 24.7 Å². The molecule has 1 heterocycles. The second-order valence-electron chi connectivity index (χ2n) is 5.52. The normalized spacial score (nSPS) is 17.4. The molecule has 3 nitrogen and oxygen atoms in total. The largest absolute Gasteiger partial charge is 0.478 e. The van der Waals surface area contributed by atoms with Crippen LogP contribution in [-0.2, 0) is 6.42 Å². The SMILES string of the molecule is CC1Cc2ccccc2N(c2ccc(C(=O)O)cc2F)C1. The number of rotatable bonds is 2. The van der Waals surface area contributed by atoms with Crippen LogP contribution >= 0.6 is 0 Å². The van der Waals surface area contributed by atoms with Gasteiger partial charge in [-0.25, -0.2) is 9.18 Å². The maximum Gasteiger partial charge on any atom is 0.335 e. The summed E-state index contributed by atoms with van der Waals surface area (Å²) in [5, 5.41) is 8.93. The number of anilines is 2. The van der Waals surface area contributed by atoms with Crippen LogP contribution in [0.5, 0.6) is 0 Å². The van der Waals surface area contributed by atoms with Gasteiger partial charge in [0.25, 0.3) is 0 Å². The summed E-state index contributed by atoms with van der Waals surface area (Å²) >= 11 is 0. The number of carboxylic acids is 1. The van der Waals surface area contributed by atoms with E-state index in [-0.39, 0.29) is 5.56 Å². The van der Waals surface area contributed by atoms with Gasteiger partial charge in [-0.2, -0.15) is 0 Å².